The van der Waals surface area contributed by atoms with Crippen LogP contribution >= 0.6 is 0 Å². The van der Waals surface area contributed by atoms with E-state index in [0.29, 0.717) is 18.7 Å². The smallest absolute Gasteiger partial charge is 0.257 e. The summed E-state index contributed by atoms with van der Waals surface area (Å²) in [6.07, 6.45) is 7.79. The molecule has 3 heterocycles. The van der Waals surface area contributed by atoms with Crippen molar-refractivity contribution in [3.05, 3.63) is 30.4 Å². The van der Waals surface area contributed by atoms with E-state index in [-0.39, 0.29) is 18.0 Å². The number of nitrogens with two attached hydrogens (primary N) is 1. The van der Waals surface area contributed by atoms with Crippen molar-refractivity contribution < 1.29 is 4.79 Å². The molecule has 2 atom stereocenters. The number of aryl methyl sites for hydroxylation is 1. The van der Waals surface area contributed by atoms with E-state index in [2.05, 4.69) is 22.3 Å². The first-order chi connectivity index (χ1) is 10.2. The Labute approximate surface area is 122 Å². The van der Waals surface area contributed by atoms with Crippen molar-refractivity contribution in [3.63, 3.8) is 0 Å². The van der Waals surface area contributed by atoms with Gasteiger partial charge in [-0.2, -0.15) is 5.10 Å². The molecule has 112 valence electrons. The van der Waals surface area contributed by atoms with Gasteiger partial charge in [0.05, 0.1) is 24.0 Å². The summed E-state index contributed by atoms with van der Waals surface area (Å²) < 4.78 is 3.51. The molecular weight excluding hydrogens is 270 g/mol. The number of hydrogen-bond donors (Lipinski definition) is 1. The third-order valence-electron chi connectivity index (χ3n) is 3.73. The number of likely N-dealkylation sites (tertiary alicyclic amines) is 1. The Morgan fingerprint density at radius 1 is 1.48 bits per heavy atom. The monoisotopic (exact) mass is 289 g/mol. The first kappa shape index (κ1) is 13.7. The van der Waals surface area contributed by atoms with Crippen molar-refractivity contribution in [2.24, 2.45) is 5.73 Å². The summed E-state index contributed by atoms with van der Waals surface area (Å²) in [5.74, 6) is -0.0320. The maximum absolute atomic E-state index is 12.5. The van der Waals surface area contributed by atoms with Crippen molar-refractivity contribution in [1.29, 1.82) is 0 Å². The zero-order valence-corrected chi connectivity index (χ0v) is 12.0. The van der Waals surface area contributed by atoms with Crippen LogP contribution in [0.1, 0.15) is 29.7 Å². The standard InChI is InChI=1S/C13H19N7O/c1-2-4-19-7-10(6-16-19)13(21)18-8-11(14)12(9-18)20-5-3-15-17-20/h3,5-7,11-12H,2,4,8-9,14H2,1H3/t11-,12+/m1/s1. The van der Waals surface area contributed by atoms with Gasteiger partial charge in [0, 0.05) is 38.1 Å². The molecular formula is C13H19N7O. The first-order valence-electron chi connectivity index (χ1n) is 7.12. The average Bonchev–Trinajstić information content (AvgIpc) is 3.17. The molecule has 1 aliphatic rings. The second-order valence-electron chi connectivity index (χ2n) is 5.32. The van der Waals surface area contributed by atoms with Gasteiger partial charge in [-0.3, -0.25) is 9.48 Å². The number of amides is 1. The predicted molar refractivity (Wildman–Crippen MR) is 75.5 cm³/mol. The van der Waals surface area contributed by atoms with E-state index in [4.69, 9.17) is 5.73 Å². The third kappa shape index (κ3) is 2.66. The number of carbonyl (C=O) groups excluding carboxylic acids is 1. The Morgan fingerprint density at radius 3 is 3.05 bits per heavy atom. The van der Waals surface area contributed by atoms with Crippen LogP contribution in [0.15, 0.2) is 24.8 Å². The highest BCUT2D eigenvalue weighted by atomic mass is 16.2. The van der Waals surface area contributed by atoms with Gasteiger partial charge in [0.15, 0.2) is 0 Å². The predicted octanol–water partition coefficient (Wildman–Crippen LogP) is -0.0910. The molecule has 1 saturated heterocycles. The highest BCUT2D eigenvalue weighted by molar-refractivity contribution is 5.94. The Morgan fingerprint density at radius 2 is 2.33 bits per heavy atom. The molecule has 0 spiro atoms. The molecule has 8 heteroatoms. The molecule has 1 fully saturated rings. The molecule has 0 aliphatic carbocycles. The summed E-state index contributed by atoms with van der Waals surface area (Å²) in [7, 11) is 0. The molecule has 1 aliphatic heterocycles. The number of rotatable bonds is 4. The van der Waals surface area contributed by atoms with E-state index in [1.807, 2.05) is 0 Å². The minimum atomic E-state index is -0.138. The molecule has 0 saturated carbocycles. The van der Waals surface area contributed by atoms with E-state index < -0.39 is 0 Å². The summed E-state index contributed by atoms with van der Waals surface area (Å²) in [5.41, 5.74) is 6.73. The van der Waals surface area contributed by atoms with Crippen LogP contribution in [0.2, 0.25) is 0 Å². The van der Waals surface area contributed by atoms with Crippen LogP contribution in [-0.2, 0) is 6.54 Å². The first-order valence-corrected chi connectivity index (χ1v) is 7.12. The zero-order chi connectivity index (χ0) is 14.8. The van der Waals surface area contributed by atoms with E-state index in [0.717, 1.165) is 13.0 Å². The summed E-state index contributed by atoms with van der Waals surface area (Å²) >= 11 is 0. The van der Waals surface area contributed by atoms with Gasteiger partial charge in [-0.15, -0.1) is 5.10 Å². The molecule has 8 nitrogen and oxygen atoms in total. The number of aromatic nitrogens is 5. The van der Waals surface area contributed by atoms with E-state index in [1.165, 1.54) is 0 Å². The molecule has 3 rings (SSSR count). The quantitative estimate of drug-likeness (QED) is 0.848. The lowest BCUT2D eigenvalue weighted by Crippen LogP contribution is -2.32. The van der Waals surface area contributed by atoms with Gasteiger partial charge >= 0.3 is 0 Å². The number of hydrogen-bond acceptors (Lipinski definition) is 5. The largest absolute Gasteiger partial charge is 0.335 e. The summed E-state index contributed by atoms with van der Waals surface area (Å²) in [6, 6.07) is -0.163. The van der Waals surface area contributed by atoms with Crippen LogP contribution in [0.4, 0.5) is 0 Å². The zero-order valence-electron chi connectivity index (χ0n) is 12.0. The Kier molecular flexibility index (Phi) is 3.70. The topological polar surface area (TPSA) is 94.9 Å². The van der Waals surface area contributed by atoms with Gasteiger partial charge < -0.3 is 10.6 Å². The Balaban J connectivity index is 1.71. The fourth-order valence-corrected chi connectivity index (χ4v) is 2.66. The van der Waals surface area contributed by atoms with Crippen LogP contribution in [0, 0.1) is 0 Å². The molecule has 0 unspecified atom stereocenters. The minimum absolute atomic E-state index is 0.0258. The van der Waals surface area contributed by atoms with Crippen molar-refractivity contribution in [1.82, 2.24) is 29.7 Å². The van der Waals surface area contributed by atoms with Crippen molar-refractivity contribution >= 4 is 5.91 Å². The molecule has 0 bridgehead atoms. The number of carbonyl (C=O) groups is 1. The summed E-state index contributed by atoms with van der Waals surface area (Å²) in [5, 5.41) is 12.0. The van der Waals surface area contributed by atoms with Crippen molar-refractivity contribution in [2.75, 3.05) is 13.1 Å². The van der Waals surface area contributed by atoms with E-state index in [9.17, 15) is 4.79 Å². The molecule has 0 aromatic carbocycles. The molecule has 21 heavy (non-hydrogen) atoms. The Bertz CT molecular complexity index is 606. The van der Waals surface area contributed by atoms with Crippen LogP contribution in [-0.4, -0.2) is 54.7 Å². The van der Waals surface area contributed by atoms with Gasteiger partial charge in [-0.25, -0.2) is 4.68 Å². The van der Waals surface area contributed by atoms with Crippen LogP contribution < -0.4 is 5.73 Å². The molecule has 2 aromatic heterocycles. The van der Waals surface area contributed by atoms with Gasteiger partial charge in [0.2, 0.25) is 0 Å². The second kappa shape index (κ2) is 5.65. The second-order valence-corrected chi connectivity index (χ2v) is 5.32. The molecule has 0 radical (unpaired) electrons. The maximum atomic E-state index is 12.5. The number of nitrogens with zero attached hydrogens (tertiary/aromatic N) is 6. The molecule has 1 amide bonds. The molecule has 2 aromatic rings. The normalized spacial score (nSPS) is 21.9. The fraction of sp³-hybridized carbons (Fsp3) is 0.538. The van der Waals surface area contributed by atoms with Crippen molar-refractivity contribution in [2.45, 2.75) is 32.0 Å². The fourth-order valence-electron chi connectivity index (χ4n) is 2.66. The maximum Gasteiger partial charge on any atom is 0.257 e. The SMILES string of the molecule is CCCn1cc(C(=O)N2C[C@@H](N)[C@@H](n3ccnn3)C2)cn1. The van der Waals surface area contributed by atoms with Gasteiger partial charge in [-0.05, 0) is 6.42 Å². The van der Waals surface area contributed by atoms with Crippen molar-refractivity contribution in [3.8, 4) is 0 Å². The van der Waals surface area contributed by atoms with Crippen LogP contribution in [0.25, 0.3) is 0 Å². The van der Waals surface area contributed by atoms with E-state index >= 15 is 0 Å². The van der Waals surface area contributed by atoms with Crippen LogP contribution in [0.3, 0.4) is 0 Å². The van der Waals surface area contributed by atoms with Crippen LogP contribution in [0.5, 0.6) is 0 Å². The molecule has 2 N–H and O–H groups in total. The lowest BCUT2D eigenvalue weighted by molar-refractivity contribution is 0.0785. The van der Waals surface area contributed by atoms with Gasteiger partial charge in [0.1, 0.15) is 0 Å². The summed E-state index contributed by atoms with van der Waals surface area (Å²) in [6.45, 7) is 3.95. The van der Waals surface area contributed by atoms with Gasteiger partial charge in [0.25, 0.3) is 5.91 Å². The average molecular weight is 289 g/mol. The Hall–Kier alpha value is -2.22. The lowest BCUT2D eigenvalue weighted by Gasteiger charge is -2.15. The lowest BCUT2D eigenvalue weighted by atomic mass is 10.2. The van der Waals surface area contributed by atoms with E-state index in [1.54, 1.807) is 39.1 Å². The minimum Gasteiger partial charge on any atom is -0.335 e. The van der Waals surface area contributed by atoms with Gasteiger partial charge in [-0.1, -0.05) is 12.1 Å². The highest BCUT2D eigenvalue weighted by Gasteiger charge is 2.35. The highest BCUT2D eigenvalue weighted by Crippen LogP contribution is 2.21. The summed E-state index contributed by atoms with van der Waals surface area (Å²) in [4.78, 5) is 14.3. The third-order valence-corrected chi connectivity index (χ3v) is 3.73.